The van der Waals surface area contributed by atoms with Gasteiger partial charge in [0.15, 0.2) is 10.9 Å². The second-order valence-corrected chi connectivity index (χ2v) is 7.78. The Morgan fingerprint density at radius 2 is 1.96 bits per heavy atom. The third-order valence-corrected chi connectivity index (χ3v) is 5.67. The highest BCUT2D eigenvalue weighted by molar-refractivity contribution is 8.01. The zero-order valence-corrected chi connectivity index (χ0v) is 15.8. The van der Waals surface area contributed by atoms with Crippen LogP contribution < -0.4 is 5.32 Å². The van der Waals surface area contributed by atoms with Crippen LogP contribution in [0.15, 0.2) is 52.9 Å². The molecule has 1 heterocycles. The monoisotopic (exact) mass is 397 g/mol. The van der Waals surface area contributed by atoms with Gasteiger partial charge in [0.25, 0.3) is 5.91 Å². The number of carbonyl (C=O) groups excluding carboxylic acids is 2. The van der Waals surface area contributed by atoms with Crippen LogP contribution in [0.25, 0.3) is 10.2 Å². The van der Waals surface area contributed by atoms with Gasteiger partial charge in [0.2, 0.25) is 0 Å². The van der Waals surface area contributed by atoms with Crippen molar-refractivity contribution in [3.8, 4) is 6.07 Å². The summed E-state index contributed by atoms with van der Waals surface area (Å²) in [5.74, 6) is -0.408. The fourth-order valence-electron chi connectivity index (χ4n) is 2.23. The van der Waals surface area contributed by atoms with E-state index < -0.39 is 11.9 Å². The van der Waals surface area contributed by atoms with Gasteiger partial charge in [0.1, 0.15) is 6.07 Å². The molecule has 3 rings (SSSR count). The molecule has 0 saturated carbocycles. The van der Waals surface area contributed by atoms with Crippen molar-refractivity contribution >= 4 is 50.9 Å². The van der Waals surface area contributed by atoms with Crippen LogP contribution in [0.3, 0.4) is 0 Å². The Labute approximate surface area is 164 Å². The van der Waals surface area contributed by atoms with Crippen LogP contribution in [0.5, 0.6) is 0 Å². The summed E-state index contributed by atoms with van der Waals surface area (Å²) in [5.41, 5.74) is 1.69. The highest BCUT2D eigenvalue weighted by Gasteiger charge is 2.11. The molecule has 3 aromatic rings. The molecular weight excluding hydrogens is 382 g/mol. The number of carbonyl (C=O) groups is 2. The van der Waals surface area contributed by atoms with E-state index in [1.165, 1.54) is 11.8 Å². The second-order valence-electron chi connectivity index (χ2n) is 5.41. The molecule has 1 aromatic heterocycles. The van der Waals surface area contributed by atoms with Gasteiger partial charge in [-0.15, -0.1) is 11.3 Å². The van der Waals surface area contributed by atoms with E-state index in [-0.39, 0.29) is 13.0 Å². The molecule has 8 heteroatoms. The lowest BCUT2D eigenvalue weighted by molar-refractivity contribution is -0.146. The average Bonchev–Trinajstić information content (AvgIpc) is 3.09. The van der Waals surface area contributed by atoms with Gasteiger partial charge in [-0.2, -0.15) is 5.26 Å². The van der Waals surface area contributed by atoms with Gasteiger partial charge in [-0.05, 0) is 24.3 Å². The minimum absolute atomic E-state index is 0.183. The van der Waals surface area contributed by atoms with Gasteiger partial charge in [0, 0.05) is 5.75 Å². The van der Waals surface area contributed by atoms with E-state index in [9.17, 15) is 9.59 Å². The van der Waals surface area contributed by atoms with E-state index in [1.807, 2.05) is 30.3 Å². The molecule has 0 aliphatic rings. The minimum Gasteiger partial charge on any atom is -0.456 e. The lowest BCUT2D eigenvalue weighted by atomic mass is 10.2. The highest BCUT2D eigenvalue weighted by Crippen LogP contribution is 2.29. The number of aromatic nitrogens is 1. The Bertz CT molecular complexity index is 978. The molecule has 136 valence electrons. The van der Waals surface area contributed by atoms with Crippen molar-refractivity contribution in [1.29, 1.82) is 5.26 Å². The van der Waals surface area contributed by atoms with Crippen LogP contribution in [0.4, 0.5) is 5.69 Å². The van der Waals surface area contributed by atoms with Gasteiger partial charge in [-0.1, -0.05) is 36.0 Å². The summed E-state index contributed by atoms with van der Waals surface area (Å²) in [5, 5.41) is 11.6. The smallest absolute Gasteiger partial charge is 0.307 e. The lowest BCUT2D eigenvalue weighted by Gasteiger charge is -2.07. The predicted octanol–water partition coefficient (Wildman–Crippen LogP) is 3.83. The van der Waals surface area contributed by atoms with Crippen LogP contribution in [-0.2, 0) is 14.3 Å². The number of ether oxygens (including phenoxy) is 1. The van der Waals surface area contributed by atoms with Crippen molar-refractivity contribution < 1.29 is 14.3 Å². The number of thioether (sulfide) groups is 1. The van der Waals surface area contributed by atoms with Gasteiger partial charge in [0.05, 0.1) is 27.9 Å². The largest absolute Gasteiger partial charge is 0.456 e. The van der Waals surface area contributed by atoms with E-state index in [0.29, 0.717) is 17.0 Å². The summed E-state index contributed by atoms with van der Waals surface area (Å²) in [6, 6.07) is 16.5. The summed E-state index contributed by atoms with van der Waals surface area (Å²) >= 11 is 3.07. The van der Waals surface area contributed by atoms with Crippen molar-refractivity contribution in [3.63, 3.8) is 0 Å². The number of para-hydroxylation sites is 2. The molecule has 0 saturated heterocycles. The van der Waals surface area contributed by atoms with E-state index >= 15 is 0 Å². The zero-order valence-electron chi connectivity index (χ0n) is 14.2. The summed E-state index contributed by atoms with van der Waals surface area (Å²) in [6.45, 7) is -0.385. The Morgan fingerprint density at radius 3 is 2.78 bits per heavy atom. The standard InChI is InChI=1S/C19H15N3O3S2/c20-11-13-5-1-2-6-14(13)21-17(23)12-25-18(24)9-10-26-19-22-15-7-3-4-8-16(15)27-19/h1-8H,9-10,12H2,(H,21,23). The average molecular weight is 397 g/mol. The Balaban J connectivity index is 1.40. The van der Waals surface area contributed by atoms with Crippen LogP contribution in [0, 0.1) is 11.3 Å². The summed E-state index contributed by atoms with van der Waals surface area (Å²) < 4.78 is 6.99. The number of rotatable bonds is 7. The van der Waals surface area contributed by atoms with Crippen LogP contribution in [0.2, 0.25) is 0 Å². The van der Waals surface area contributed by atoms with Crippen LogP contribution in [0.1, 0.15) is 12.0 Å². The number of hydrogen-bond acceptors (Lipinski definition) is 7. The molecule has 0 bridgehead atoms. The van der Waals surface area contributed by atoms with E-state index in [4.69, 9.17) is 10.00 Å². The first kappa shape index (κ1) is 18.9. The molecular formula is C19H15N3O3S2. The number of esters is 1. The molecule has 0 spiro atoms. The summed E-state index contributed by atoms with van der Waals surface area (Å²) in [7, 11) is 0. The van der Waals surface area contributed by atoms with Crippen molar-refractivity contribution in [2.45, 2.75) is 10.8 Å². The molecule has 0 aliphatic carbocycles. The maximum atomic E-state index is 11.9. The number of nitrogens with one attached hydrogen (secondary N) is 1. The lowest BCUT2D eigenvalue weighted by Crippen LogP contribution is -2.21. The number of nitriles is 1. The third kappa shape index (κ3) is 5.29. The van der Waals surface area contributed by atoms with Crippen LogP contribution in [-0.4, -0.2) is 29.2 Å². The van der Waals surface area contributed by atoms with E-state index in [1.54, 1.807) is 35.6 Å². The maximum Gasteiger partial charge on any atom is 0.307 e. The number of nitrogens with zero attached hydrogens (tertiary/aromatic N) is 2. The van der Waals surface area contributed by atoms with Crippen LogP contribution >= 0.6 is 23.1 Å². The number of anilines is 1. The number of amides is 1. The highest BCUT2D eigenvalue weighted by atomic mass is 32.2. The van der Waals surface area contributed by atoms with Crippen molar-refractivity contribution in [1.82, 2.24) is 4.98 Å². The molecule has 2 aromatic carbocycles. The van der Waals surface area contributed by atoms with Gasteiger partial charge in [-0.3, -0.25) is 9.59 Å². The zero-order chi connectivity index (χ0) is 19.1. The SMILES string of the molecule is N#Cc1ccccc1NC(=O)COC(=O)CCSc1nc2ccccc2s1. The number of benzene rings is 2. The van der Waals surface area contributed by atoms with Crippen molar-refractivity contribution in [3.05, 3.63) is 54.1 Å². The first-order valence-corrected chi connectivity index (χ1v) is 9.89. The molecule has 0 radical (unpaired) electrons. The second kappa shape index (κ2) is 9.16. The molecule has 0 aliphatic heterocycles. The van der Waals surface area contributed by atoms with Crippen molar-refractivity contribution in [2.75, 3.05) is 17.7 Å². The topological polar surface area (TPSA) is 92.1 Å². The van der Waals surface area contributed by atoms with Crippen molar-refractivity contribution in [2.24, 2.45) is 0 Å². The Kier molecular flexibility index (Phi) is 6.41. The molecule has 1 N–H and O–H groups in total. The van der Waals surface area contributed by atoms with Gasteiger partial charge in [-0.25, -0.2) is 4.98 Å². The molecule has 0 fully saturated rings. The Hall–Kier alpha value is -2.89. The maximum absolute atomic E-state index is 11.9. The minimum atomic E-state index is -0.482. The molecule has 1 amide bonds. The van der Waals surface area contributed by atoms with Gasteiger partial charge >= 0.3 is 5.97 Å². The molecule has 6 nitrogen and oxygen atoms in total. The third-order valence-electron chi connectivity index (χ3n) is 3.49. The number of thiazole rings is 1. The fraction of sp³-hybridized carbons (Fsp3) is 0.158. The Morgan fingerprint density at radius 1 is 1.19 bits per heavy atom. The predicted molar refractivity (Wildman–Crippen MR) is 106 cm³/mol. The number of hydrogen-bond donors (Lipinski definition) is 1. The first-order chi connectivity index (χ1) is 13.2. The molecule has 27 heavy (non-hydrogen) atoms. The first-order valence-electron chi connectivity index (χ1n) is 8.08. The quantitative estimate of drug-likeness (QED) is 0.481. The van der Waals surface area contributed by atoms with Gasteiger partial charge < -0.3 is 10.1 Å². The summed E-state index contributed by atoms with van der Waals surface area (Å²) in [6.07, 6.45) is 0.183. The normalized spacial score (nSPS) is 10.3. The molecule has 0 atom stereocenters. The number of fused-ring (bicyclic) bond motifs is 1. The van der Waals surface area contributed by atoms with E-state index in [2.05, 4.69) is 10.3 Å². The molecule has 0 unspecified atom stereocenters. The summed E-state index contributed by atoms with van der Waals surface area (Å²) in [4.78, 5) is 28.2. The van der Waals surface area contributed by atoms with E-state index in [0.717, 1.165) is 14.6 Å². The fourth-order valence-corrected chi connectivity index (χ4v) is 4.29.